The van der Waals surface area contributed by atoms with Crippen LogP contribution in [-0.4, -0.2) is 15.6 Å². The Hall–Kier alpha value is -1.61. The largest absolute Gasteiger partial charge is 0.338 e. The molecular formula is C15H19N3. The average molecular weight is 241 g/mol. The lowest BCUT2D eigenvalue weighted by molar-refractivity contribution is 0.453. The fourth-order valence-corrected chi connectivity index (χ4v) is 2.81. The molecule has 2 aromatic rings. The molecule has 2 N–H and O–H groups in total. The van der Waals surface area contributed by atoms with Crippen LogP contribution in [0.1, 0.15) is 29.3 Å². The molecule has 94 valence electrons. The Balaban J connectivity index is 1.61. The first-order valence-corrected chi connectivity index (χ1v) is 6.55. The molecule has 1 aliphatic rings. The van der Waals surface area contributed by atoms with Gasteiger partial charge in [-0.3, -0.25) is 0 Å². The molecule has 0 saturated carbocycles. The van der Waals surface area contributed by atoms with Crippen LogP contribution in [0.5, 0.6) is 0 Å². The van der Waals surface area contributed by atoms with Crippen LogP contribution in [0.3, 0.4) is 0 Å². The predicted molar refractivity (Wildman–Crippen MR) is 72.4 cm³/mol. The van der Waals surface area contributed by atoms with Crippen LogP contribution in [-0.2, 0) is 19.9 Å². The number of hydrogen-bond donors (Lipinski definition) is 1. The molecule has 2 unspecified atom stereocenters. The number of aryl methyl sites for hydroxylation is 2. The summed E-state index contributed by atoms with van der Waals surface area (Å²) in [5, 5.41) is 0. The van der Waals surface area contributed by atoms with E-state index < -0.39 is 0 Å². The summed E-state index contributed by atoms with van der Waals surface area (Å²) in [4.78, 5) is 4.34. The van der Waals surface area contributed by atoms with E-state index in [9.17, 15) is 0 Å². The zero-order chi connectivity index (χ0) is 12.5. The van der Waals surface area contributed by atoms with Crippen LogP contribution in [0.25, 0.3) is 0 Å². The van der Waals surface area contributed by atoms with Gasteiger partial charge in [0.2, 0.25) is 0 Å². The molecule has 1 heterocycles. The standard InChI is InChI=1S/C15H19N3/c1-18-9-8-17-15(18)7-6-14(16)13-10-11-4-2-3-5-12(11)13/h2-5,8-9,13-14H,6-7,10,16H2,1H3. The second-order valence-corrected chi connectivity index (χ2v) is 5.17. The average Bonchev–Trinajstić information content (AvgIpc) is 2.74. The fraction of sp³-hybridized carbons (Fsp3) is 0.400. The van der Waals surface area contributed by atoms with Gasteiger partial charge in [0.25, 0.3) is 0 Å². The van der Waals surface area contributed by atoms with Crippen molar-refractivity contribution in [2.24, 2.45) is 12.8 Å². The van der Waals surface area contributed by atoms with Crippen LogP contribution >= 0.6 is 0 Å². The number of rotatable bonds is 4. The zero-order valence-electron chi connectivity index (χ0n) is 10.7. The van der Waals surface area contributed by atoms with E-state index in [-0.39, 0.29) is 6.04 Å². The Morgan fingerprint density at radius 3 is 3.00 bits per heavy atom. The predicted octanol–water partition coefficient (Wildman–Crippen LogP) is 2.02. The van der Waals surface area contributed by atoms with E-state index >= 15 is 0 Å². The minimum absolute atomic E-state index is 0.247. The van der Waals surface area contributed by atoms with Gasteiger partial charge in [0, 0.05) is 37.8 Å². The molecule has 2 atom stereocenters. The van der Waals surface area contributed by atoms with E-state index in [1.165, 1.54) is 11.1 Å². The topological polar surface area (TPSA) is 43.8 Å². The molecule has 0 saturated heterocycles. The van der Waals surface area contributed by atoms with Gasteiger partial charge >= 0.3 is 0 Å². The van der Waals surface area contributed by atoms with Gasteiger partial charge < -0.3 is 10.3 Å². The molecule has 0 amide bonds. The smallest absolute Gasteiger partial charge is 0.108 e. The SMILES string of the molecule is Cn1ccnc1CCC(N)C1Cc2ccccc21. The monoisotopic (exact) mass is 241 g/mol. The van der Waals surface area contributed by atoms with Crippen LogP contribution in [0.15, 0.2) is 36.7 Å². The quantitative estimate of drug-likeness (QED) is 0.890. The van der Waals surface area contributed by atoms with Gasteiger partial charge in [-0.05, 0) is 24.0 Å². The van der Waals surface area contributed by atoms with Crippen molar-refractivity contribution in [1.82, 2.24) is 9.55 Å². The minimum Gasteiger partial charge on any atom is -0.338 e. The summed E-state index contributed by atoms with van der Waals surface area (Å²) in [6.45, 7) is 0. The Morgan fingerprint density at radius 1 is 1.44 bits per heavy atom. The molecule has 0 fully saturated rings. The van der Waals surface area contributed by atoms with Gasteiger partial charge in [-0.25, -0.2) is 4.98 Å². The van der Waals surface area contributed by atoms with Crippen LogP contribution in [0.4, 0.5) is 0 Å². The molecule has 1 aromatic carbocycles. The number of fused-ring (bicyclic) bond motifs is 1. The fourth-order valence-electron chi connectivity index (χ4n) is 2.81. The van der Waals surface area contributed by atoms with E-state index in [1.54, 1.807) is 0 Å². The maximum atomic E-state index is 6.32. The Morgan fingerprint density at radius 2 is 2.28 bits per heavy atom. The van der Waals surface area contributed by atoms with Gasteiger partial charge in [0.1, 0.15) is 5.82 Å². The number of benzene rings is 1. The van der Waals surface area contributed by atoms with Crippen LogP contribution in [0, 0.1) is 0 Å². The highest BCUT2D eigenvalue weighted by molar-refractivity contribution is 5.41. The third kappa shape index (κ3) is 1.95. The molecule has 1 aliphatic carbocycles. The van der Waals surface area contributed by atoms with Crippen molar-refractivity contribution in [2.45, 2.75) is 31.2 Å². The number of nitrogens with two attached hydrogens (primary N) is 1. The summed E-state index contributed by atoms with van der Waals surface area (Å²) >= 11 is 0. The van der Waals surface area contributed by atoms with E-state index in [1.807, 2.05) is 19.4 Å². The third-order valence-corrected chi connectivity index (χ3v) is 4.03. The van der Waals surface area contributed by atoms with Gasteiger partial charge in [-0.2, -0.15) is 0 Å². The maximum Gasteiger partial charge on any atom is 0.108 e. The lowest BCUT2D eigenvalue weighted by Crippen LogP contribution is -2.36. The first-order chi connectivity index (χ1) is 8.75. The lowest BCUT2D eigenvalue weighted by Gasteiger charge is -2.34. The Bertz CT molecular complexity index is 544. The van der Waals surface area contributed by atoms with Crippen molar-refractivity contribution in [2.75, 3.05) is 0 Å². The molecule has 18 heavy (non-hydrogen) atoms. The van der Waals surface area contributed by atoms with Gasteiger partial charge in [0.15, 0.2) is 0 Å². The second-order valence-electron chi connectivity index (χ2n) is 5.17. The number of hydrogen-bond acceptors (Lipinski definition) is 2. The molecule has 0 aliphatic heterocycles. The molecule has 1 aromatic heterocycles. The minimum atomic E-state index is 0.247. The van der Waals surface area contributed by atoms with Crippen molar-refractivity contribution in [3.8, 4) is 0 Å². The normalized spacial score (nSPS) is 19.1. The molecule has 0 radical (unpaired) electrons. The van der Waals surface area contributed by atoms with Crippen molar-refractivity contribution < 1.29 is 0 Å². The highest BCUT2D eigenvalue weighted by Crippen LogP contribution is 2.37. The van der Waals surface area contributed by atoms with Crippen molar-refractivity contribution in [3.05, 3.63) is 53.6 Å². The highest BCUT2D eigenvalue weighted by atomic mass is 15.0. The summed E-state index contributed by atoms with van der Waals surface area (Å²) in [6, 6.07) is 8.88. The summed E-state index contributed by atoms with van der Waals surface area (Å²) in [6.07, 6.45) is 6.93. The van der Waals surface area contributed by atoms with Crippen molar-refractivity contribution in [3.63, 3.8) is 0 Å². The molecular weight excluding hydrogens is 222 g/mol. The first kappa shape index (κ1) is 11.5. The number of imidazole rings is 1. The molecule has 3 heteroatoms. The summed E-state index contributed by atoms with van der Waals surface area (Å²) in [5.74, 6) is 1.67. The second kappa shape index (κ2) is 4.58. The van der Waals surface area contributed by atoms with Gasteiger partial charge in [0.05, 0.1) is 0 Å². The molecule has 3 rings (SSSR count). The number of nitrogens with zero attached hydrogens (tertiary/aromatic N) is 2. The van der Waals surface area contributed by atoms with E-state index in [0.717, 1.165) is 25.1 Å². The van der Waals surface area contributed by atoms with Crippen LogP contribution in [0.2, 0.25) is 0 Å². The van der Waals surface area contributed by atoms with Crippen LogP contribution < -0.4 is 5.73 Å². The third-order valence-electron chi connectivity index (χ3n) is 4.03. The van der Waals surface area contributed by atoms with E-state index in [4.69, 9.17) is 5.73 Å². The number of aromatic nitrogens is 2. The van der Waals surface area contributed by atoms with Gasteiger partial charge in [-0.15, -0.1) is 0 Å². The zero-order valence-corrected chi connectivity index (χ0v) is 10.7. The van der Waals surface area contributed by atoms with Crippen molar-refractivity contribution in [1.29, 1.82) is 0 Å². The highest BCUT2D eigenvalue weighted by Gasteiger charge is 2.30. The van der Waals surface area contributed by atoms with E-state index in [0.29, 0.717) is 5.92 Å². The molecule has 3 nitrogen and oxygen atoms in total. The molecule has 0 bridgehead atoms. The maximum absolute atomic E-state index is 6.32. The van der Waals surface area contributed by atoms with E-state index in [2.05, 4.69) is 33.8 Å². The Kier molecular flexibility index (Phi) is 2.92. The first-order valence-electron chi connectivity index (χ1n) is 6.55. The summed E-state index contributed by atoms with van der Waals surface area (Å²) < 4.78 is 2.07. The van der Waals surface area contributed by atoms with Gasteiger partial charge in [-0.1, -0.05) is 24.3 Å². The summed E-state index contributed by atoms with van der Waals surface area (Å²) in [5.41, 5.74) is 9.24. The summed E-state index contributed by atoms with van der Waals surface area (Å²) in [7, 11) is 2.03. The van der Waals surface area contributed by atoms with Crippen molar-refractivity contribution >= 4 is 0 Å². The Labute approximate surface area is 108 Å². The molecule has 0 spiro atoms. The lowest BCUT2D eigenvalue weighted by atomic mass is 9.73.